The molecule has 0 atom stereocenters. The third-order valence-electron chi connectivity index (χ3n) is 1.98. The molecule has 0 aliphatic carbocycles. The number of imidazole rings is 2. The predicted molar refractivity (Wildman–Crippen MR) is 72.7 cm³/mol. The normalized spacial score (nSPS) is 9.80. The number of nitrogens with zero attached hydrogens (tertiary/aromatic N) is 4. The maximum atomic E-state index is 11.4. The van der Waals surface area contributed by atoms with E-state index in [9.17, 15) is 9.59 Å². The van der Waals surface area contributed by atoms with Gasteiger partial charge in [-0.25, -0.2) is 19.6 Å². The third-order valence-corrected chi connectivity index (χ3v) is 2.09. The molecule has 0 aromatic carbocycles. The summed E-state index contributed by atoms with van der Waals surface area (Å²) >= 11 is 4.86. The molecule has 2 heterocycles. The van der Waals surface area contributed by atoms with Gasteiger partial charge in [0, 0.05) is 36.4 Å². The van der Waals surface area contributed by atoms with Crippen LogP contribution in [0.25, 0.3) is 0 Å². The summed E-state index contributed by atoms with van der Waals surface area (Å²) in [7, 11) is 0. The zero-order valence-corrected chi connectivity index (χ0v) is 11.9. The van der Waals surface area contributed by atoms with Crippen molar-refractivity contribution in [3.05, 3.63) is 37.4 Å². The zero-order valence-electron chi connectivity index (χ0n) is 11.1. The van der Waals surface area contributed by atoms with Crippen molar-refractivity contribution in [1.82, 2.24) is 19.1 Å². The average molecular weight is 299 g/mol. The lowest BCUT2D eigenvalue weighted by Crippen LogP contribution is -2.15. The van der Waals surface area contributed by atoms with Crippen LogP contribution in [0.2, 0.25) is 0 Å². The van der Waals surface area contributed by atoms with Crippen molar-refractivity contribution in [3.63, 3.8) is 0 Å². The summed E-state index contributed by atoms with van der Waals surface area (Å²) in [5, 5.41) is 0. The van der Waals surface area contributed by atoms with Gasteiger partial charge in [0.1, 0.15) is 12.7 Å². The quantitative estimate of drug-likeness (QED) is 0.796. The molecule has 0 saturated heterocycles. The number of hydrogen-bond donors (Lipinski definition) is 0. The van der Waals surface area contributed by atoms with Crippen molar-refractivity contribution in [2.24, 2.45) is 5.92 Å². The number of rotatable bonds is 2. The van der Waals surface area contributed by atoms with Gasteiger partial charge in [0.15, 0.2) is 0 Å². The van der Waals surface area contributed by atoms with Gasteiger partial charge in [-0.15, -0.1) is 0 Å². The Hall–Kier alpha value is -2.15. The number of aromatic nitrogens is 4. The topological polar surface area (TPSA) is 79.0 Å². The molecule has 2 aromatic rings. The van der Waals surface area contributed by atoms with Crippen LogP contribution in [-0.4, -0.2) is 37.2 Å². The van der Waals surface area contributed by atoms with E-state index in [1.165, 1.54) is 21.8 Å². The Kier molecular flexibility index (Phi) is 6.45. The summed E-state index contributed by atoms with van der Waals surface area (Å²) in [5.74, 6) is 0.359. The van der Waals surface area contributed by atoms with E-state index >= 15 is 0 Å². The lowest BCUT2D eigenvalue weighted by molar-refractivity contribution is 0.159. The summed E-state index contributed by atoms with van der Waals surface area (Å²) in [6.45, 7) is 4.29. The van der Waals surface area contributed by atoms with E-state index in [1.54, 1.807) is 24.8 Å². The highest BCUT2D eigenvalue weighted by Gasteiger charge is 2.03. The Morgan fingerprint density at radius 1 is 1.15 bits per heavy atom. The number of halogens is 1. The lowest BCUT2D eigenvalue weighted by Gasteiger charge is -2.00. The first-order valence-electron chi connectivity index (χ1n) is 5.83. The van der Waals surface area contributed by atoms with Crippen molar-refractivity contribution in [1.29, 1.82) is 0 Å². The molecule has 20 heavy (non-hydrogen) atoms. The van der Waals surface area contributed by atoms with Crippen molar-refractivity contribution in [2.75, 3.05) is 6.61 Å². The van der Waals surface area contributed by atoms with Gasteiger partial charge in [-0.3, -0.25) is 9.13 Å². The highest BCUT2D eigenvalue weighted by Crippen LogP contribution is 1.95. The minimum absolute atomic E-state index is 0.190. The van der Waals surface area contributed by atoms with Crippen molar-refractivity contribution in [3.8, 4) is 0 Å². The maximum Gasteiger partial charge on any atom is 0.403 e. The monoisotopic (exact) mass is 298 g/mol. The molecule has 0 aliphatic heterocycles. The van der Waals surface area contributed by atoms with E-state index in [4.69, 9.17) is 11.6 Å². The van der Waals surface area contributed by atoms with E-state index in [0.29, 0.717) is 12.5 Å². The number of ether oxygens (including phenoxy) is 1. The van der Waals surface area contributed by atoms with Crippen molar-refractivity contribution >= 4 is 23.1 Å². The smallest absolute Gasteiger partial charge is 0.403 e. The maximum absolute atomic E-state index is 11.4. The lowest BCUT2D eigenvalue weighted by atomic mass is 10.2. The molecule has 0 bridgehead atoms. The third kappa shape index (κ3) is 5.66. The molecule has 8 heteroatoms. The highest BCUT2D eigenvalue weighted by atomic mass is 35.5. The van der Waals surface area contributed by atoms with Crippen LogP contribution >= 0.6 is 11.6 Å². The second-order valence-electron chi connectivity index (χ2n) is 4.16. The van der Waals surface area contributed by atoms with Gasteiger partial charge in [0.25, 0.3) is 0 Å². The van der Waals surface area contributed by atoms with Gasteiger partial charge >= 0.3 is 11.5 Å². The van der Waals surface area contributed by atoms with E-state index in [2.05, 4.69) is 14.7 Å². The average Bonchev–Trinajstić information content (AvgIpc) is 3.09. The summed E-state index contributed by atoms with van der Waals surface area (Å²) in [6.07, 6.45) is 9.17. The molecule has 7 nitrogen and oxygen atoms in total. The highest BCUT2D eigenvalue weighted by molar-refractivity contribution is 6.61. The van der Waals surface area contributed by atoms with Crippen LogP contribution in [0, 0.1) is 5.92 Å². The molecule has 0 radical (unpaired) electrons. The second kappa shape index (κ2) is 8.11. The minimum atomic E-state index is -0.723. The Morgan fingerprint density at radius 2 is 1.65 bits per heavy atom. The molecule has 0 unspecified atom stereocenters. The Morgan fingerprint density at radius 3 is 1.90 bits per heavy atom. The summed E-state index contributed by atoms with van der Waals surface area (Å²) < 4.78 is 7.18. The largest absolute Gasteiger partial charge is 0.453 e. The molecule has 0 spiro atoms. The fourth-order valence-corrected chi connectivity index (χ4v) is 1.17. The van der Waals surface area contributed by atoms with Crippen LogP contribution in [0.3, 0.4) is 0 Å². The first kappa shape index (κ1) is 15.9. The van der Waals surface area contributed by atoms with E-state index in [-0.39, 0.29) is 6.03 Å². The molecule has 0 amide bonds. The van der Waals surface area contributed by atoms with Gasteiger partial charge in [-0.1, -0.05) is 13.8 Å². The first-order chi connectivity index (χ1) is 9.50. The second-order valence-corrected chi connectivity index (χ2v) is 4.47. The van der Waals surface area contributed by atoms with E-state index < -0.39 is 5.43 Å². The summed E-state index contributed by atoms with van der Waals surface area (Å²) in [4.78, 5) is 28.8. The first-order valence-corrected chi connectivity index (χ1v) is 6.21. The predicted octanol–water partition coefficient (Wildman–Crippen LogP) is 2.61. The van der Waals surface area contributed by atoms with Gasteiger partial charge in [0.05, 0.1) is 6.61 Å². The molecule has 108 valence electrons. The zero-order chi connectivity index (χ0) is 15.0. The van der Waals surface area contributed by atoms with Gasteiger partial charge in [0.2, 0.25) is 0 Å². The van der Waals surface area contributed by atoms with Gasteiger partial charge in [-0.2, -0.15) is 0 Å². The van der Waals surface area contributed by atoms with Gasteiger partial charge in [-0.05, 0) is 5.92 Å². The van der Waals surface area contributed by atoms with Crippen molar-refractivity contribution < 1.29 is 14.3 Å². The van der Waals surface area contributed by atoms with Crippen LogP contribution in [0.15, 0.2) is 37.4 Å². The SMILES string of the molecule is CC(C)COC(=O)Cl.O=C(n1ccnc1)n1ccnc1. The molecule has 0 aliphatic rings. The van der Waals surface area contributed by atoms with E-state index in [1.807, 2.05) is 13.8 Å². The Bertz CT molecular complexity index is 487. The number of carbonyl (C=O) groups excluding carboxylic acids is 2. The Balaban J connectivity index is 0.000000221. The van der Waals surface area contributed by atoms with Crippen molar-refractivity contribution in [2.45, 2.75) is 13.8 Å². The molecule has 0 fully saturated rings. The van der Waals surface area contributed by atoms with Crippen LogP contribution < -0.4 is 0 Å². The number of carbonyl (C=O) groups is 2. The van der Waals surface area contributed by atoms with E-state index in [0.717, 1.165) is 0 Å². The molecular weight excluding hydrogens is 284 g/mol. The van der Waals surface area contributed by atoms with Crippen LogP contribution in [0.1, 0.15) is 13.8 Å². The standard InChI is InChI=1S/C7H6N4O.C5H9ClO2/c12-7(10-3-1-8-5-10)11-4-2-9-6-11;1-4(2)3-8-5(6)7/h1-6H;4H,3H2,1-2H3. The van der Waals surface area contributed by atoms with Gasteiger partial charge < -0.3 is 4.74 Å². The number of hydrogen-bond acceptors (Lipinski definition) is 5. The molecule has 0 N–H and O–H groups in total. The minimum Gasteiger partial charge on any atom is -0.453 e. The fraction of sp³-hybridized carbons (Fsp3) is 0.333. The fourth-order valence-electron chi connectivity index (χ4n) is 1.11. The molecule has 0 saturated carbocycles. The summed E-state index contributed by atoms with van der Waals surface area (Å²) in [5.41, 5.74) is -0.723. The van der Waals surface area contributed by atoms with Crippen LogP contribution in [0.5, 0.6) is 0 Å². The molecular formula is C12H15ClN4O3. The van der Waals surface area contributed by atoms with Crippen LogP contribution in [0.4, 0.5) is 9.59 Å². The van der Waals surface area contributed by atoms with Crippen LogP contribution in [-0.2, 0) is 4.74 Å². The Labute approximate surface area is 121 Å². The molecule has 2 rings (SSSR count). The molecule has 2 aromatic heterocycles. The summed E-state index contributed by atoms with van der Waals surface area (Å²) in [6, 6.07) is -0.190.